The molecule has 3 heterocycles. The average molecular weight is 385 g/mol. The van der Waals surface area contributed by atoms with Crippen molar-refractivity contribution in [3.05, 3.63) is 40.6 Å². The van der Waals surface area contributed by atoms with Gasteiger partial charge >= 0.3 is 6.18 Å². The quantitative estimate of drug-likeness (QED) is 0.809. The van der Waals surface area contributed by atoms with E-state index < -0.39 is 18.8 Å². The molecule has 6 nitrogen and oxygen atoms in total. The second-order valence-corrected chi connectivity index (χ2v) is 6.57. The minimum atomic E-state index is -4.37. The number of furan rings is 1. The topological polar surface area (TPSA) is 60.5 Å². The number of ether oxygens (including phenoxy) is 1. The Balaban J connectivity index is 1.93. The molecule has 1 aliphatic heterocycles. The van der Waals surface area contributed by atoms with Gasteiger partial charge in [0.2, 0.25) is 0 Å². The molecule has 2 aromatic heterocycles. The summed E-state index contributed by atoms with van der Waals surface area (Å²) in [6.45, 7) is 4.88. The Hall–Kier alpha value is -2.29. The lowest BCUT2D eigenvalue weighted by molar-refractivity contribution is -0.143. The van der Waals surface area contributed by atoms with Crippen molar-refractivity contribution < 1.29 is 27.1 Å². The zero-order valence-corrected chi connectivity index (χ0v) is 15.5. The molecule has 3 rings (SSSR count). The van der Waals surface area contributed by atoms with Gasteiger partial charge in [0.25, 0.3) is 5.91 Å². The maximum atomic E-state index is 12.9. The summed E-state index contributed by atoms with van der Waals surface area (Å²) in [6, 6.07) is 2.87. The van der Waals surface area contributed by atoms with Crippen LogP contribution in [-0.4, -0.2) is 46.5 Å². The fraction of sp³-hybridized carbons (Fsp3) is 0.556. The van der Waals surface area contributed by atoms with Crippen molar-refractivity contribution in [2.45, 2.75) is 46.0 Å². The van der Waals surface area contributed by atoms with Gasteiger partial charge in [0.1, 0.15) is 12.3 Å². The maximum absolute atomic E-state index is 12.9. The Morgan fingerprint density at radius 2 is 2.07 bits per heavy atom. The second kappa shape index (κ2) is 7.38. The Bertz CT molecular complexity index is 826. The van der Waals surface area contributed by atoms with Crippen molar-refractivity contribution in [2.75, 3.05) is 19.8 Å². The van der Waals surface area contributed by atoms with E-state index in [1.54, 1.807) is 30.9 Å². The normalized spacial score (nSPS) is 18.1. The SMILES string of the molecule is CCc1ccc(C(=O)N2CCOCC2c2c(C)nn(CC(F)(F)F)c2C)o1. The molecular formula is C18H22F3N3O3. The van der Waals surface area contributed by atoms with E-state index >= 15 is 0 Å². The lowest BCUT2D eigenvalue weighted by Gasteiger charge is -2.35. The summed E-state index contributed by atoms with van der Waals surface area (Å²) in [5.74, 6) is 0.621. The number of hydrogen-bond donors (Lipinski definition) is 0. The molecule has 1 saturated heterocycles. The zero-order chi connectivity index (χ0) is 19.8. The third-order valence-electron chi connectivity index (χ3n) is 4.71. The molecule has 0 radical (unpaired) electrons. The number of aryl methyl sites for hydroxylation is 2. The van der Waals surface area contributed by atoms with E-state index in [1.807, 2.05) is 6.92 Å². The van der Waals surface area contributed by atoms with Gasteiger partial charge in [-0.25, -0.2) is 0 Å². The van der Waals surface area contributed by atoms with Crippen LogP contribution in [0.1, 0.15) is 46.2 Å². The van der Waals surface area contributed by atoms with Crippen LogP contribution in [0.4, 0.5) is 13.2 Å². The summed E-state index contributed by atoms with van der Waals surface area (Å²) in [5, 5.41) is 4.03. The first-order valence-corrected chi connectivity index (χ1v) is 8.79. The molecule has 27 heavy (non-hydrogen) atoms. The number of hydrogen-bond acceptors (Lipinski definition) is 4. The fourth-order valence-corrected chi connectivity index (χ4v) is 3.43. The number of carbonyl (C=O) groups is 1. The summed E-state index contributed by atoms with van der Waals surface area (Å²) < 4.78 is 50.4. The minimum Gasteiger partial charge on any atom is -0.456 e. The molecular weight excluding hydrogens is 363 g/mol. The van der Waals surface area contributed by atoms with E-state index in [0.29, 0.717) is 42.3 Å². The van der Waals surface area contributed by atoms with Crippen LogP contribution < -0.4 is 0 Å². The van der Waals surface area contributed by atoms with Gasteiger partial charge in [0.05, 0.1) is 24.9 Å². The predicted octanol–water partition coefficient (Wildman–Crippen LogP) is 3.43. The maximum Gasteiger partial charge on any atom is 0.408 e. The lowest BCUT2D eigenvalue weighted by Crippen LogP contribution is -2.43. The van der Waals surface area contributed by atoms with Crippen molar-refractivity contribution in [3.8, 4) is 0 Å². The van der Waals surface area contributed by atoms with Gasteiger partial charge in [0.15, 0.2) is 5.76 Å². The number of morpholine rings is 1. The Kier molecular flexibility index (Phi) is 5.32. The van der Waals surface area contributed by atoms with Gasteiger partial charge in [-0.2, -0.15) is 18.3 Å². The van der Waals surface area contributed by atoms with Gasteiger partial charge in [-0.3, -0.25) is 9.48 Å². The number of rotatable bonds is 4. The first-order valence-electron chi connectivity index (χ1n) is 8.79. The second-order valence-electron chi connectivity index (χ2n) is 6.57. The van der Waals surface area contributed by atoms with E-state index in [9.17, 15) is 18.0 Å². The van der Waals surface area contributed by atoms with Crippen molar-refractivity contribution in [2.24, 2.45) is 0 Å². The summed E-state index contributed by atoms with van der Waals surface area (Å²) in [7, 11) is 0. The van der Waals surface area contributed by atoms with Crippen LogP contribution >= 0.6 is 0 Å². The molecule has 1 fully saturated rings. The first-order chi connectivity index (χ1) is 12.7. The highest BCUT2D eigenvalue weighted by atomic mass is 19.4. The van der Waals surface area contributed by atoms with Gasteiger partial charge in [-0.05, 0) is 26.0 Å². The highest BCUT2D eigenvalue weighted by Gasteiger charge is 2.36. The molecule has 9 heteroatoms. The van der Waals surface area contributed by atoms with Crippen molar-refractivity contribution in [3.63, 3.8) is 0 Å². The number of nitrogens with zero attached hydrogens (tertiary/aromatic N) is 3. The first kappa shape index (κ1) is 19.5. The summed E-state index contributed by atoms with van der Waals surface area (Å²) in [4.78, 5) is 14.5. The highest BCUT2D eigenvalue weighted by molar-refractivity contribution is 5.92. The Morgan fingerprint density at radius 3 is 2.70 bits per heavy atom. The third kappa shape index (κ3) is 4.02. The van der Waals surface area contributed by atoms with Crippen molar-refractivity contribution in [1.82, 2.24) is 14.7 Å². The summed E-state index contributed by atoms with van der Waals surface area (Å²) in [6.07, 6.45) is -3.70. The van der Waals surface area contributed by atoms with Crippen molar-refractivity contribution >= 4 is 5.91 Å². The number of amides is 1. The summed E-state index contributed by atoms with van der Waals surface area (Å²) >= 11 is 0. The number of halogens is 3. The van der Waals surface area contributed by atoms with E-state index in [0.717, 1.165) is 4.68 Å². The smallest absolute Gasteiger partial charge is 0.408 e. The Morgan fingerprint density at radius 1 is 1.33 bits per heavy atom. The van der Waals surface area contributed by atoms with Crippen LogP contribution in [0.25, 0.3) is 0 Å². The predicted molar refractivity (Wildman–Crippen MR) is 90.4 cm³/mol. The standard InChI is InChI=1S/C18H22F3N3O3/c1-4-13-5-6-15(27-13)17(25)23-7-8-26-9-14(23)16-11(2)22-24(12(16)3)10-18(19,20)21/h5-6,14H,4,7-10H2,1-3H3. The molecule has 2 aromatic rings. The molecule has 0 aromatic carbocycles. The van der Waals surface area contributed by atoms with Gasteiger partial charge < -0.3 is 14.1 Å². The molecule has 0 spiro atoms. The fourth-order valence-electron chi connectivity index (χ4n) is 3.43. The highest BCUT2D eigenvalue weighted by Crippen LogP contribution is 2.32. The zero-order valence-electron chi connectivity index (χ0n) is 15.5. The van der Waals surface area contributed by atoms with Crippen LogP contribution in [0.5, 0.6) is 0 Å². The van der Waals surface area contributed by atoms with E-state index in [-0.39, 0.29) is 18.3 Å². The monoisotopic (exact) mass is 385 g/mol. The molecule has 1 unspecified atom stereocenters. The molecule has 0 bridgehead atoms. The molecule has 0 N–H and O–H groups in total. The van der Waals surface area contributed by atoms with E-state index in [1.165, 1.54) is 0 Å². The van der Waals surface area contributed by atoms with Gasteiger partial charge in [-0.15, -0.1) is 0 Å². The van der Waals surface area contributed by atoms with Gasteiger partial charge in [-0.1, -0.05) is 6.92 Å². The van der Waals surface area contributed by atoms with E-state index in [2.05, 4.69) is 5.10 Å². The molecule has 0 aliphatic carbocycles. The minimum absolute atomic E-state index is 0.201. The average Bonchev–Trinajstić information content (AvgIpc) is 3.18. The van der Waals surface area contributed by atoms with Crippen LogP contribution in [0.2, 0.25) is 0 Å². The van der Waals surface area contributed by atoms with Crippen LogP contribution in [-0.2, 0) is 17.7 Å². The van der Waals surface area contributed by atoms with Crippen LogP contribution in [0, 0.1) is 13.8 Å². The third-order valence-corrected chi connectivity index (χ3v) is 4.71. The molecule has 0 saturated carbocycles. The molecule has 1 atom stereocenters. The molecule has 148 valence electrons. The van der Waals surface area contributed by atoms with Crippen LogP contribution in [0.3, 0.4) is 0 Å². The van der Waals surface area contributed by atoms with E-state index in [4.69, 9.17) is 9.15 Å². The molecule has 1 amide bonds. The van der Waals surface area contributed by atoms with Crippen LogP contribution in [0.15, 0.2) is 16.5 Å². The Labute approximate surface area is 154 Å². The number of alkyl halides is 3. The lowest BCUT2D eigenvalue weighted by atomic mass is 10.0. The number of carbonyl (C=O) groups excluding carboxylic acids is 1. The number of aromatic nitrogens is 2. The largest absolute Gasteiger partial charge is 0.456 e. The summed E-state index contributed by atoms with van der Waals surface area (Å²) in [5.41, 5.74) is 1.43. The molecule has 1 aliphatic rings. The van der Waals surface area contributed by atoms with Crippen molar-refractivity contribution in [1.29, 1.82) is 0 Å². The van der Waals surface area contributed by atoms with Gasteiger partial charge in [0, 0.05) is 24.2 Å².